The third kappa shape index (κ3) is 6.17. The van der Waals surface area contributed by atoms with E-state index in [1.165, 1.54) is 24.5 Å². The lowest BCUT2D eigenvalue weighted by molar-refractivity contribution is -0.137. The number of aliphatic hydroxyl groups excluding tert-OH is 1. The van der Waals surface area contributed by atoms with Gasteiger partial charge in [-0.1, -0.05) is 12.1 Å². The van der Waals surface area contributed by atoms with Gasteiger partial charge < -0.3 is 25.2 Å². The summed E-state index contributed by atoms with van der Waals surface area (Å²) in [6.07, 6.45) is -2.00. The Hall–Kier alpha value is -3.44. The minimum Gasteiger partial charge on any atom is -0.493 e. The van der Waals surface area contributed by atoms with E-state index >= 15 is 0 Å². The Bertz CT molecular complexity index is 1190. The van der Waals surface area contributed by atoms with E-state index < -0.39 is 17.7 Å². The number of carboxylic acid groups (broad SMARTS) is 1. The molecule has 1 aliphatic rings. The highest BCUT2D eigenvalue weighted by Crippen LogP contribution is 2.30. The number of nitrogens with zero attached hydrogens (tertiary/aromatic N) is 3. The number of carboxylic acids is 1. The van der Waals surface area contributed by atoms with Crippen LogP contribution in [0.25, 0.3) is 10.9 Å². The number of carbonyl (C=O) groups is 1. The highest BCUT2D eigenvalue weighted by Gasteiger charge is 2.30. The van der Waals surface area contributed by atoms with Crippen LogP contribution in [-0.2, 0) is 12.7 Å². The second-order valence-electron chi connectivity index (χ2n) is 8.39. The molecule has 3 aromatic rings. The van der Waals surface area contributed by atoms with Crippen LogP contribution in [0.2, 0.25) is 0 Å². The molecular formula is C24H25F3N4O4. The summed E-state index contributed by atoms with van der Waals surface area (Å²) in [7, 11) is 0. The van der Waals surface area contributed by atoms with Gasteiger partial charge in [0, 0.05) is 31.6 Å². The van der Waals surface area contributed by atoms with Crippen molar-refractivity contribution >= 4 is 22.7 Å². The molecule has 35 heavy (non-hydrogen) atoms. The normalized spacial score (nSPS) is 16.5. The van der Waals surface area contributed by atoms with Crippen LogP contribution >= 0.6 is 0 Å². The zero-order valence-electron chi connectivity index (χ0n) is 18.8. The summed E-state index contributed by atoms with van der Waals surface area (Å²) in [5.74, 6) is -0.475. The summed E-state index contributed by atoms with van der Waals surface area (Å²) in [6, 6.07) is 7.82. The van der Waals surface area contributed by atoms with E-state index in [4.69, 9.17) is 4.74 Å². The van der Waals surface area contributed by atoms with E-state index in [2.05, 4.69) is 20.2 Å². The fraction of sp³-hybridized carbons (Fsp3) is 0.375. The van der Waals surface area contributed by atoms with Crippen molar-refractivity contribution in [1.29, 1.82) is 0 Å². The molecule has 186 valence electrons. The highest BCUT2D eigenvalue weighted by molar-refractivity contribution is 6.05. The lowest BCUT2D eigenvalue weighted by Crippen LogP contribution is -2.24. The van der Waals surface area contributed by atoms with E-state index in [0.29, 0.717) is 42.1 Å². The van der Waals surface area contributed by atoms with Gasteiger partial charge in [0.1, 0.15) is 17.9 Å². The van der Waals surface area contributed by atoms with Gasteiger partial charge in [-0.15, -0.1) is 0 Å². The Labute approximate surface area is 199 Å². The molecule has 0 radical (unpaired) electrons. The van der Waals surface area contributed by atoms with Gasteiger partial charge in [-0.05, 0) is 42.7 Å². The van der Waals surface area contributed by atoms with Gasteiger partial charge in [0.2, 0.25) is 0 Å². The van der Waals surface area contributed by atoms with Crippen molar-refractivity contribution in [3.63, 3.8) is 0 Å². The van der Waals surface area contributed by atoms with E-state index in [-0.39, 0.29) is 23.7 Å². The van der Waals surface area contributed by atoms with Crippen LogP contribution in [-0.4, -0.2) is 63.4 Å². The molecule has 1 aromatic heterocycles. The number of halogens is 3. The average Bonchev–Trinajstić information content (AvgIpc) is 3.24. The average molecular weight is 490 g/mol. The molecule has 1 fully saturated rings. The van der Waals surface area contributed by atoms with E-state index in [9.17, 15) is 28.2 Å². The van der Waals surface area contributed by atoms with Gasteiger partial charge in [-0.25, -0.2) is 14.8 Å². The molecule has 0 saturated carbocycles. The second-order valence-corrected chi connectivity index (χ2v) is 8.39. The summed E-state index contributed by atoms with van der Waals surface area (Å²) in [4.78, 5) is 22.3. The van der Waals surface area contributed by atoms with Crippen molar-refractivity contribution in [3.05, 3.63) is 59.4 Å². The van der Waals surface area contributed by atoms with Crippen molar-refractivity contribution in [3.8, 4) is 5.75 Å². The van der Waals surface area contributed by atoms with Crippen molar-refractivity contribution in [1.82, 2.24) is 14.9 Å². The predicted molar refractivity (Wildman–Crippen MR) is 122 cm³/mol. The predicted octanol–water partition coefficient (Wildman–Crippen LogP) is 3.79. The monoisotopic (exact) mass is 490 g/mol. The molecule has 0 aliphatic carbocycles. The van der Waals surface area contributed by atoms with Crippen LogP contribution in [0.1, 0.15) is 34.3 Å². The van der Waals surface area contributed by atoms with Crippen LogP contribution in [0.5, 0.6) is 5.75 Å². The number of likely N-dealkylation sites (tertiary alicyclic amines) is 1. The third-order valence-corrected chi connectivity index (χ3v) is 5.82. The second kappa shape index (κ2) is 10.4. The molecule has 8 nitrogen and oxygen atoms in total. The van der Waals surface area contributed by atoms with Crippen LogP contribution in [0.4, 0.5) is 19.0 Å². The number of hydrogen-bond donors (Lipinski definition) is 3. The van der Waals surface area contributed by atoms with Crippen molar-refractivity contribution in [2.45, 2.75) is 31.7 Å². The number of anilines is 1. The van der Waals surface area contributed by atoms with Gasteiger partial charge in [0.25, 0.3) is 0 Å². The first-order valence-corrected chi connectivity index (χ1v) is 11.2. The molecule has 0 spiro atoms. The molecule has 0 amide bonds. The maximum atomic E-state index is 12.8. The molecule has 1 saturated heterocycles. The summed E-state index contributed by atoms with van der Waals surface area (Å²) >= 11 is 0. The fourth-order valence-electron chi connectivity index (χ4n) is 4.02. The number of fused-ring (bicyclic) bond motifs is 1. The number of nitrogens with one attached hydrogen (secondary N) is 1. The zero-order valence-corrected chi connectivity index (χ0v) is 18.8. The Kier molecular flexibility index (Phi) is 7.37. The number of alkyl halides is 3. The standard InChI is InChI=1S/C24H25F3N4O4/c25-24(26,27)16-4-2-15(3-5-16)12-28-22-19-10-18(11-20(23(33)34)21(19)29-14-30-22)35-9-1-7-31-8-6-17(32)13-31/h2-5,10-11,14,17,32H,1,6-9,12-13H2,(H,33,34)(H,28,29,30). The molecule has 2 heterocycles. The zero-order chi connectivity index (χ0) is 25.0. The first-order valence-electron chi connectivity index (χ1n) is 11.2. The number of hydrogen-bond acceptors (Lipinski definition) is 7. The number of rotatable bonds is 9. The first kappa shape index (κ1) is 24.7. The van der Waals surface area contributed by atoms with Crippen molar-refractivity contribution in [2.24, 2.45) is 0 Å². The van der Waals surface area contributed by atoms with Gasteiger partial charge in [-0.3, -0.25) is 0 Å². The summed E-state index contributed by atoms with van der Waals surface area (Å²) < 4.78 is 44.2. The number of β-amino-alcohol motifs (C(OH)–C–C–N with tert-alkyl or cyclic N) is 1. The molecule has 2 aromatic carbocycles. The summed E-state index contributed by atoms with van der Waals surface area (Å²) in [5, 5.41) is 22.8. The number of aliphatic hydroxyl groups is 1. The maximum absolute atomic E-state index is 12.8. The lowest BCUT2D eigenvalue weighted by atomic mass is 10.1. The van der Waals surface area contributed by atoms with Gasteiger partial charge in [0.05, 0.1) is 29.4 Å². The molecule has 4 rings (SSSR count). The van der Waals surface area contributed by atoms with Crippen LogP contribution in [0.3, 0.4) is 0 Å². The molecule has 1 atom stereocenters. The number of aromatic nitrogens is 2. The van der Waals surface area contributed by atoms with E-state index in [1.54, 1.807) is 6.07 Å². The molecule has 0 bridgehead atoms. The quantitative estimate of drug-likeness (QED) is 0.389. The van der Waals surface area contributed by atoms with E-state index in [1.807, 2.05) is 0 Å². The minimum absolute atomic E-state index is 0.0415. The topological polar surface area (TPSA) is 108 Å². The summed E-state index contributed by atoms with van der Waals surface area (Å²) in [5.41, 5.74) is 0.0474. The number of ether oxygens (including phenoxy) is 1. The molecular weight excluding hydrogens is 465 g/mol. The van der Waals surface area contributed by atoms with Crippen LogP contribution in [0, 0.1) is 0 Å². The lowest BCUT2D eigenvalue weighted by Gasteiger charge is -2.15. The van der Waals surface area contributed by atoms with Crippen LogP contribution in [0.15, 0.2) is 42.7 Å². The molecule has 3 N–H and O–H groups in total. The van der Waals surface area contributed by atoms with E-state index in [0.717, 1.165) is 31.6 Å². The van der Waals surface area contributed by atoms with Crippen molar-refractivity contribution in [2.75, 3.05) is 31.6 Å². The molecule has 1 unspecified atom stereocenters. The fourth-order valence-corrected chi connectivity index (χ4v) is 4.02. The SMILES string of the molecule is O=C(O)c1cc(OCCCN2CCC(O)C2)cc2c(NCc3ccc(C(F)(F)F)cc3)ncnc12. The maximum Gasteiger partial charge on any atom is 0.416 e. The first-order chi connectivity index (χ1) is 16.7. The Morgan fingerprint density at radius 2 is 1.97 bits per heavy atom. The molecule has 11 heteroatoms. The van der Waals surface area contributed by atoms with Crippen molar-refractivity contribution < 1.29 is 32.9 Å². The minimum atomic E-state index is -4.41. The number of aromatic carboxylic acids is 1. The highest BCUT2D eigenvalue weighted by atomic mass is 19.4. The smallest absolute Gasteiger partial charge is 0.416 e. The Morgan fingerprint density at radius 3 is 2.63 bits per heavy atom. The number of benzene rings is 2. The summed E-state index contributed by atoms with van der Waals surface area (Å²) in [6.45, 7) is 2.79. The van der Waals surface area contributed by atoms with Crippen LogP contribution < -0.4 is 10.1 Å². The third-order valence-electron chi connectivity index (χ3n) is 5.82. The van der Waals surface area contributed by atoms with Gasteiger partial charge in [0.15, 0.2) is 0 Å². The molecule has 1 aliphatic heterocycles. The van der Waals surface area contributed by atoms with Gasteiger partial charge >= 0.3 is 12.1 Å². The Morgan fingerprint density at radius 1 is 1.20 bits per heavy atom. The largest absolute Gasteiger partial charge is 0.493 e. The van der Waals surface area contributed by atoms with Gasteiger partial charge in [-0.2, -0.15) is 13.2 Å². The Balaban J connectivity index is 1.48.